The number of amides is 1. The Labute approximate surface area is 176 Å². The summed E-state index contributed by atoms with van der Waals surface area (Å²) in [5.74, 6) is 5.63. The number of hydrazone groups is 1. The van der Waals surface area contributed by atoms with Crippen molar-refractivity contribution in [3.05, 3.63) is 52.9 Å². The van der Waals surface area contributed by atoms with Crippen molar-refractivity contribution < 1.29 is 22.4 Å². The van der Waals surface area contributed by atoms with Crippen molar-refractivity contribution >= 4 is 47.1 Å². The molecule has 0 radical (unpaired) electrons. The summed E-state index contributed by atoms with van der Waals surface area (Å²) in [5.41, 5.74) is 1.48. The monoisotopic (exact) mass is 459 g/mol. The normalized spacial score (nSPS) is 11.7. The van der Waals surface area contributed by atoms with Gasteiger partial charge in [-0.1, -0.05) is 23.4 Å². The van der Waals surface area contributed by atoms with E-state index in [2.05, 4.69) is 26.0 Å². The molecule has 3 aromatic rings. The van der Waals surface area contributed by atoms with E-state index in [1.165, 1.54) is 12.5 Å². The van der Waals surface area contributed by atoms with Crippen LogP contribution in [0.5, 0.6) is 0 Å². The van der Waals surface area contributed by atoms with Crippen LogP contribution in [0.2, 0.25) is 5.02 Å². The van der Waals surface area contributed by atoms with Crippen LogP contribution in [-0.4, -0.2) is 32.7 Å². The molecule has 2 heterocycles. The van der Waals surface area contributed by atoms with Gasteiger partial charge in [0.1, 0.15) is 5.76 Å². The van der Waals surface area contributed by atoms with Crippen LogP contribution in [0.4, 0.5) is 24.8 Å². The summed E-state index contributed by atoms with van der Waals surface area (Å²) in [6.45, 7) is 0. The van der Waals surface area contributed by atoms with Crippen LogP contribution in [0.3, 0.4) is 0 Å². The quantitative estimate of drug-likeness (QED) is 0.214. The van der Waals surface area contributed by atoms with Crippen LogP contribution in [0.25, 0.3) is 0 Å². The second kappa shape index (κ2) is 9.09. The number of nitrogen functional groups attached to an aromatic ring is 1. The maximum Gasteiger partial charge on any atom is 0.416 e. The fraction of sp³-hybridized carbons (Fsp3) is 0.125. The molecule has 1 aromatic carbocycles. The van der Waals surface area contributed by atoms with Gasteiger partial charge in [-0.25, -0.2) is 10.1 Å². The van der Waals surface area contributed by atoms with Crippen LogP contribution < -0.4 is 16.6 Å². The first-order chi connectivity index (χ1) is 14.2. The Morgan fingerprint density at radius 1 is 1.37 bits per heavy atom. The Morgan fingerprint density at radius 3 is 2.87 bits per heavy atom. The van der Waals surface area contributed by atoms with Gasteiger partial charge in [0.25, 0.3) is 5.95 Å². The smallest absolute Gasteiger partial charge is 0.416 e. The number of hydrogen-bond acceptors (Lipinski definition) is 8. The Morgan fingerprint density at radius 2 is 2.17 bits per heavy atom. The average molecular weight is 460 g/mol. The van der Waals surface area contributed by atoms with Gasteiger partial charge in [0.15, 0.2) is 0 Å². The highest BCUT2D eigenvalue weighted by atomic mass is 35.5. The van der Waals surface area contributed by atoms with Crippen molar-refractivity contribution in [2.45, 2.75) is 11.3 Å². The highest BCUT2D eigenvalue weighted by molar-refractivity contribution is 7.99. The van der Waals surface area contributed by atoms with Crippen LogP contribution in [0.15, 0.2) is 51.3 Å². The summed E-state index contributed by atoms with van der Waals surface area (Å²) in [7, 11) is 0. The molecular weight excluding hydrogens is 447 g/mol. The van der Waals surface area contributed by atoms with Crippen LogP contribution in [0.1, 0.15) is 11.3 Å². The lowest BCUT2D eigenvalue weighted by Gasteiger charge is -2.11. The van der Waals surface area contributed by atoms with Crippen LogP contribution in [0, 0.1) is 0 Å². The summed E-state index contributed by atoms with van der Waals surface area (Å²) >= 11 is 6.78. The zero-order chi connectivity index (χ0) is 21.7. The molecule has 158 valence electrons. The third-order valence-electron chi connectivity index (χ3n) is 3.46. The van der Waals surface area contributed by atoms with Crippen molar-refractivity contribution in [3.63, 3.8) is 0 Å². The topological polar surface area (TPSA) is 123 Å². The molecule has 0 fully saturated rings. The molecule has 0 saturated heterocycles. The molecule has 0 bridgehead atoms. The number of hydrogen-bond donors (Lipinski definition) is 3. The standard InChI is InChI=1S/C16H13ClF3N7O2S/c17-11-4-3-9(16(18,19)20)6-12(11)23-13(28)8-30-15-26-25-14(27(15)21)24-22-7-10-2-1-5-29-10/h1-7H,8,21H2,(H,23,28)(H,24,25)/b22-7+. The van der Waals surface area contributed by atoms with Gasteiger partial charge in [0.05, 0.1) is 34.5 Å². The molecule has 0 aliphatic rings. The zero-order valence-electron chi connectivity index (χ0n) is 14.9. The van der Waals surface area contributed by atoms with E-state index in [-0.39, 0.29) is 27.6 Å². The number of anilines is 2. The van der Waals surface area contributed by atoms with Crippen LogP contribution in [-0.2, 0) is 11.0 Å². The van der Waals surface area contributed by atoms with Gasteiger partial charge in [-0.3, -0.25) is 4.79 Å². The summed E-state index contributed by atoms with van der Waals surface area (Å²) in [4.78, 5) is 12.1. The van der Waals surface area contributed by atoms with Crippen molar-refractivity contribution in [1.82, 2.24) is 14.9 Å². The number of nitrogens with one attached hydrogen (secondary N) is 2. The Hall–Kier alpha value is -3.19. The third-order valence-corrected chi connectivity index (χ3v) is 4.74. The molecule has 9 nitrogen and oxygen atoms in total. The molecule has 0 unspecified atom stereocenters. The zero-order valence-corrected chi connectivity index (χ0v) is 16.4. The molecule has 0 saturated carbocycles. The second-order valence-electron chi connectivity index (χ2n) is 5.59. The predicted molar refractivity (Wildman–Crippen MR) is 106 cm³/mol. The van der Waals surface area contributed by atoms with E-state index in [1.807, 2.05) is 0 Å². The molecule has 14 heteroatoms. The first kappa shape index (κ1) is 21.5. The van der Waals surface area contributed by atoms with Crippen molar-refractivity contribution in [2.75, 3.05) is 22.3 Å². The number of alkyl halides is 3. The highest BCUT2D eigenvalue weighted by Crippen LogP contribution is 2.33. The average Bonchev–Trinajstić information content (AvgIpc) is 3.32. The molecule has 0 spiro atoms. The molecule has 0 aliphatic carbocycles. The molecule has 0 atom stereocenters. The molecule has 3 rings (SSSR count). The number of carbonyl (C=O) groups is 1. The fourth-order valence-electron chi connectivity index (χ4n) is 2.08. The largest absolute Gasteiger partial charge is 0.463 e. The van der Waals surface area contributed by atoms with Crippen molar-refractivity contribution in [2.24, 2.45) is 5.10 Å². The molecule has 1 amide bonds. The Bertz CT molecular complexity index is 1050. The highest BCUT2D eigenvalue weighted by Gasteiger charge is 2.31. The number of halogens is 4. The lowest BCUT2D eigenvalue weighted by atomic mass is 10.2. The minimum absolute atomic E-state index is 0.0238. The number of nitrogens with two attached hydrogens (primary N) is 1. The molecule has 4 N–H and O–H groups in total. The van der Waals surface area contributed by atoms with Gasteiger partial charge >= 0.3 is 6.18 Å². The van der Waals surface area contributed by atoms with Gasteiger partial charge in [0, 0.05) is 0 Å². The molecule has 30 heavy (non-hydrogen) atoms. The molecular formula is C16H13ClF3N7O2S. The van der Waals surface area contributed by atoms with Gasteiger partial charge in [-0.15, -0.1) is 10.2 Å². The number of carbonyl (C=O) groups excluding carboxylic acids is 1. The van der Waals surface area contributed by atoms with E-state index in [0.29, 0.717) is 5.76 Å². The van der Waals surface area contributed by atoms with Crippen molar-refractivity contribution in [3.8, 4) is 0 Å². The number of benzene rings is 1. The number of furan rings is 1. The first-order valence-corrected chi connectivity index (χ1v) is 9.43. The van der Waals surface area contributed by atoms with E-state index in [4.69, 9.17) is 21.9 Å². The second-order valence-corrected chi connectivity index (χ2v) is 6.94. The minimum Gasteiger partial charge on any atom is -0.463 e. The SMILES string of the molecule is Nn1c(N/N=C/c2ccco2)nnc1SCC(=O)Nc1cc(C(F)(F)F)ccc1Cl. The van der Waals surface area contributed by atoms with E-state index < -0.39 is 17.6 Å². The predicted octanol–water partition coefficient (Wildman–Crippen LogP) is 3.43. The van der Waals surface area contributed by atoms with Crippen molar-refractivity contribution in [1.29, 1.82) is 0 Å². The third kappa shape index (κ3) is 5.45. The van der Waals surface area contributed by atoms with Gasteiger partial charge in [0.2, 0.25) is 11.1 Å². The summed E-state index contributed by atoms with van der Waals surface area (Å²) in [6.07, 6.45) is -1.68. The summed E-state index contributed by atoms with van der Waals surface area (Å²) in [6, 6.07) is 6.03. The lowest BCUT2D eigenvalue weighted by molar-refractivity contribution is -0.137. The number of nitrogens with zero attached hydrogens (tertiary/aromatic N) is 4. The Kier molecular flexibility index (Phi) is 6.52. The molecule has 2 aromatic heterocycles. The van der Waals surface area contributed by atoms with Crippen LogP contribution >= 0.6 is 23.4 Å². The van der Waals surface area contributed by atoms with Gasteiger partial charge in [-0.05, 0) is 30.3 Å². The van der Waals surface area contributed by atoms with E-state index in [9.17, 15) is 18.0 Å². The van der Waals surface area contributed by atoms with Gasteiger partial charge in [-0.2, -0.15) is 18.3 Å². The minimum atomic E-state index is -4.56. The van der Waals surface area contributed by atoms with Gasteiger partial charge < -0.3 is 15.6 Å². The van der Waals surface area contributed by atoms with E-state index in [0.717, 1.165) is 34.6 Å². The maximum absolute atomic E-state index is 12.8. The number of aromatic nitrogens is 3. The Balaban J connectivity index is 1.57. The number of rotatable bonds is 7. The maximum atomic E-state index is 12.8. The number of thioether (sulfide) groups is 1. The molecule has 0 aliphatic heterocycles. The van der Waals surface area contributed by atoms with E-state index in [1.54, 1.807) is 12.1 Å². The van der Waals surface area contributed by atoms with E-state index >= 15 is 0 Å². The lowest BCUT2D eigenvalue weighted by Crippen LogP contribution is -2.17. The summed E-state index contributed by atoms with van der Waals surface area (Å²) in [5, 5.41) is 14.0. The first-order valence-electron chi connectivity index (χ1n) is 8.06. The summed E-state index contributed by atoms with van der Waals surface area (Å²) < 4.78 is 44.6. The fourth-order valence-corrected chi connectivity index (χ4v) is 2.91.